The van der Waals surface area contributed by atoms with Gasteiger partial charge >= 0.3 is 6.03 Å². The molecule has 3 atom stereocenters. The molecule has 0 unspecified atom stereocenters. The van der Waals surface area contributed by atoms with Crippen LogP contribution in [-0.2, 0) is 9.53 Å². The van der Waals surface area contributed by atoms with Crippen LogP contribution in [0.2, 0.25) is 10.0 Å². The van der Waals surface area contributed by atoms with E-state index in [2.05, 4.69) is 5.32 Å². The minimum Gasteiger partial charge on any atom is -0.377 e. The molecule has 33 heavy (non-hydrogen) atoms. The molecule has 1 aromatic rings. The summed E-state index contributed by atoms with van der Waals surface area (Å²) in [5, 5.41) is 3.48. The zero-order valence-electron chi connectivity index (χ0n) is 18.4. The van der Waals surface area contributed by atoms with Crippen molar-refractivity contribution < 1.29 is 23.1 Å². The largest absolute Gasteiger partial charge is 0.377 e. The average molecular weight is 505 g/mol. The molecule has 3 fully saturated rings. The Morgan fingerprint density at radius 1 is 1.21 bits per heavy atom. The lowest BCUT2D eigenvalue weighted by molar-refractivity contribution is -0.159. The summed E-state index contributed by atoms with van der Waals surface area (Å²) >= 11 is 12.0. The van der Waals surface area contributed by atoms with Crippen LogP contribution in [0.25, 0.3) is 0 Å². The maximum atomic E-state index is 13.4. The first-order valence-corrected chi connectivity index (χ1v) is 11.9. The molecule has 0 spiro atoms. The number of hydrogen-bond donors (Lipinski definition) is 1. The molecule has 11 heteroatoms. The number of nitrogens with zero attached hydrogens (tertiary/aromatic N) is 3. The van der Waals surface area contributed by atoms with Crippen LogP contribution in [0.15, 0.2) is 18.2 Å². The van der Waals surface area contributed by atoms with Crippen molar-refractivity contribution >= 4 is 40.8 Å². The maximum absolute atomic E-state index is 13.4. The SMILES string of the molecule is C[C@H]1C(=O)N2[C@@H](CCN3CCC(F)(F)CC3)COC[C@H]2CN1C(=O)Nc1ccc(Cl)c(Cl)c1. The Hall–Kier alpha value is -1.68. The van der Waals surface area contributed by atoms with E-state index in [1.54, 1.807) is 25.1 Å². The molecule has 0 radical (unpaired) electrons. The number of hydrogen-bond acceptors (Lipinski definition) is 4. The van der Waals surface area contributed by atoms with E-state index in [-0.39, 0.29) is 30.8 Å². The van der Waals surface area contributed by atoms with Gasteiger partial charge in [0.1, 0.15) is 6.04 Å². The minimum atomic E-state index is -2.57. The van der Waals surface area contributed by atoms with E-state index < -0.39 is 18.0 Å². The van der Waals surface area contributed by atoms with Crippen molar-refractivity contribution in [3.8, 4) is 0 Å². The predicted molar refractivity (Wildman–Crippen MR) is 122 cm³/mol. The molecule has 0 bridgehead atoms. The van der Waals surface area contributed by atoms with Gasteiger partial charge in [-0.2, -0.15) is 0 Å². The predicted octanol–water partition coefficient (Wildman–Crippen LogP) is 3.95. The van der Waals surface area contributed by atoms with Crippen LogP contribution in [-0.4, -0.2) is 90.1 Å². The molecule has 0 aromatic heterocycles. The Morgan fingerprint density at radius 2 is 1.94 bits per heavy atom. The number of benzene rings is 1. The van der Waals surface area contributed by atoms with Crippen LogP contribution in [0, 0.1) is 0 Å². The first-order valence-electron chi connectivity index (χ1n) is 11.2. The van der Waals surface area contributed by atoms with Gasteiger partial charge in [-0.1, -0.05) is 23.2 Å². The van der Waals surface area contributed by atoms with Crippen LogP contribution in [0.1, 0.15) is 26.2 Å². The Morgan fingerprint density at radius 3 is 2.64 bits per heavy atom. The summed E-state index contributed by atoms with van der Waals surface area (Å²) in [4.78, 5) is 31.6. The van der Waals surface area contributed by atoms with E-state index in [1.807, 2.05) is 9.80 Å². The summed E-state index contributed by atoms with van der Waals surface area (Å²) in [6.45, 7) is 4.17. The number of nitrogens with one attached hydrogen (secondary N) is 1. The average Bonchev–Trinajstić information content (AvgIpc) is 2.77. The number of morpholine rings is 1. The van der Waals surface area contributed by atoms with Gasteiger partial charge < -0.3 is 24.8 Å². The van der Waals surface area contributed by atoms with Crippen molar-refractivity contribution in [3.05, 3.63) is 28.2 Å². The standard InChI is InChI=1S/C22H28Cl2F2N4O3/c1-14-20(31)30-16(4-7-28-8-5-22(25,26)6-9-28)12-33-13-17(30)11-29(14)21(32)27-15-2-3-18(23)19(24)10-15/h2-3,10,14,16-17H,4-9,11-13H2,1H3,(H,27,32)/t14-,16-,17+/m0/s1. The number of ether oxygens (including phenoxy) is 1. The monoisotopic (exact) mass is 504 g/mol. The second-order valence-corrected chi connectivity index (χ2v) is 9.78. The molecule has 3 amide bonds. The molecular formula is C22H28Cl2F2N4O3. The third kappa shape index (κ3) is 5.53. The highest BCUT2D eigenvalue weighted by Crippen LogP contribution is 2.30. The first kappa shape index (κ1) is 24.4. The van der Waals surface area contributed by atoms with E-state index in [9.17, 15) is 18.4 Å². The minimum absolute atomic E-state index is 0.126. The van der Waals surface area contributed by atoms with Gasteiger partial charge in [0.25, 0.3) is 5.92 Å². The Labute approximate surface area is 201 Å². The van der Waals surface area contributed by atoms with Crippen molar-refractivity contribution in [2.75, 3.05) is 44.7 Å². The van der Waals surface area contributed by atoms with Gasteiger partial charge in [0.15, 0.2) is 0 Å². The molecule has 3 heterocycles. The number of urea groups is 1. The number of likely N-dealkylation sites (tertiary alicyclic amines) is 1. The van der Waals surface area contributed by atoms with E-state index in [4.69, 9.17) is 27.9 Å². The van der Waals surface area contributed by atoms with Gasteiger partial charge in [-0.05, 0) is 31.5 Å². The number of rotatable bonds is 4. The molecule has 0 aliphatic carbocycles. The molecule has 1 N–H and O–H groups in total. The number of anilines is 1. The normalized spacial score (nSPS) is 27.9. The Bertz CT molecular complexity index is 896. The second-order valence-electron chi connectivity index (χ2n) is 8.96. The van der Waals surface area contributed by atoms with Crippen LogP contribution in [0.3, 0.4) is 0 Å². The molecular weight excluding hydrogens is 477 g/mol. The fourth-order valence-corrected chi connectivity index (χ4v) is 5.02. The molecule has 182 valence electrons. The summed E-state index contributed by atoms with van der Waals surface area (Å²) < 4.78 is 32.6. The third-order valence-electron chi connectivity index (χ3n) is 6.69. The first-order chi connectivity index (χ1) is 15.6. The number of piperidine rings is 1. The maximum Gasteiger partial charge on any atom is 0.322 e. The highest BCUT2D eigenvalue weighted by Gasteiger charge is 2.45. The molecule has 1 aromatic carbocycles. The van der Waals surface area contributed by atoms with Gasteiger partial charge in [-0.25, -0.2) is 13.6 Å². The second kappa shape index (κ2) is 9.90. The topological polar surface area (TPSA) is 65.1 Å². The van der Waals surface area contributed by atoms with E-state index >= 15 is 0 Å². The number of carbonyl (C=O) groups excluding carboxylic acids is 2. The molecule has 3 saturated heterocycles. The summed E-state index contributed by atoms with van der Waals surface area (Å²) in [5.41, 5.74) is 0.487. The quantitative estimate of drug-likeness (QED) is 0.674. The fourth-order valence-electron chi connectivity index (χ4n) is 4.72. The molecule has 7 nitrogen and oxygen atoms in total. The number of amides is 3. The number of piperazine rings is 1. The van der Waals surface area contributed by atoms with Crippen LogP contribution < -0.4 is 5.32 Å². The van der Waals surface area contributed by atoms with Crippen LogP contribution in [0.4, 0.5) is 19.3 Å². The lowest BCUT2D eigenvalue weighted by Crippen LogP contribution is -2.68. The van der Waals surface area contributed by atoms with Gasteiger partial charge in [-0.15, -0.1) is 0 Å². The van der Waals surface area contributed by atoms with E-state index in [1.165, 1.54) is 4.90 Å². The van der Waals surface area contributed by atoms with Gasteiger partial charge in [0.05, 0.1) is 35.3 Å². The lowest BCUT2D eigenvalue weighted by Gasteiger charge is -2.50. The number of halogens is 4. The smallest absolute Gasteiger partial charge is 0.322 e. The zero-order chi connectivity index (χ0) is 23.8. The zero-order valence-corrected chi connectivity index (χ0v) is 19.9. The number of carbonyl (C=O) groups is 2. The highest BCUT2D eigenvalue weighted by molar-refractivity contribution is 6.42. The van der Waals surface area contributed by atoms with Crippen molar-refractivity contribution in [2.45, 2.75) is 50.2 Å². The van der Waals surface area contributed by atoms with Gasteiger partial charge in [-0.3, -0.25) is 4.79 Å². The highest BCUT2D eigenvalue weighted by atomic mass is 35.5. The third-order valence-corrected chi connectivity index (χ3v) is 7.43. The van der Waals surface area contributed by atoms with E-state index in [0.29, 0.717) is 61.5 Å². The summed E-state index contributed by atoms with van der Waals surface area (Å²) in [6.07, 6.45) is 0.398. The lowest BCUT2D eigenvalue weighted by atomic mass is 9.99. The Kier molecular flexibility index (Phi) is 7.33. The summed E-state index contributed by atoms with van der Waals surface area (Å²) in [6, 6.07) is 3.36. The van der Waals surface area contributed by atoms with Gasteiger partial charge in [0, 0.05) is 44.7 Å². The Balaban J connectivity index is 1.37. The molecule has 4 rings (SSSR count). The fraction of sp³-hybridized carbons (Fsp3) is 0.636. The molecule has 0 saturated carbocycles. The summed E-state index contributed by atoms with van der Waals surface area (Å²) in [5.74, 6) is -2.70. The van der Waals surface area contributed by atoms with Crippen LogP contribution in [0.5, 0.6) is 0 Å². The van der Waals surface area contributed by atoms with Crippen molar-refractivity contribution in [3.63, 3.8) is 0 Å². The van der Waals surface area contributed by atoms with E-state index in [0.717, 1.165) is 0 Å². The van der Waals surface area contributed by atoms with Crippen molar-refractivity contribution in [1.29, 1.82) is 0 Å². The molecule has 3 aliphatic rings. The van der Waals surface area contributed by atoms with Crippen LogP contribution >= 0.6 is 23.2 Å². The summed E-state index contributed by atoms with van der Waals surface area (Å²) in [7, 11) is 0. The molecule has 3 aliphatic heterocycles. The van der Waals surface area contributed by atoms with Crippen molar-refractivity contribution in [1.82, 2.24) is 14.7 Å². The number of fused-ring (bicyclic) bond motifs is 1. The van der Waals surface area contributed by atoms with Gasteiger partial charge in [0.2, 0.25) is 5.91 Å². The number of alkyl halides is 2. The van der Waals surface area contributed by atoms with Crippen molar-refractivity contribution in [2.24, 2.45) is 0 Å².